The van der Waals surface area contributed by atoms with Crippen LogP contribution in [0.4, 0.5) is 0 Å². The van der Waals surface area contributed by atoms with Gasteiger partial charge in [-0.2, -0.15) is 0 Å². The molecule has 3 rings (SSSR count). The molecule has 0 saturated carbocycles. The smallest absolute Gasteiger partial charge is 0.159 e. The van der Waals surface area contributed by atoms with E-state index >= 15 is 0 Å². The maximum absolute atomic E-state index is 11.5. The Morgan fingerprint density at radius 2 is 2.10 bits per heavy atom. The molecule has 0 radical (unpaired) electrons. The Morgan fingerprint density at radius 1 is 1.29 bits per heavy atom. The minimum Gasteiger partial charge on any atom is -0.381 e. The van der Waals surface area contributed by atoms with E-state index in [1.54, 1.807) is 6.92 Å². The Balaban J connectivity index is 1.67. The van der Waals surface area contributed by atoms with Crippen molar-refractivity contribution in [3.8, 4) is 0 Å². The Labute approximate surface area is 130 Å². The van der Waals surface area contributed by atoms with Crippen molar-refractivity contribution in [2.45, 2.75) is 48.4 Å². The summed E-state index contributed by atoms with van der Waals surface area (Å²) in [5, 5.41) is 0.569. The van der Waals surface area contributed by atoms with Crippen LogP contribution in [-0.4, -0.2) is 36.5 Å². The highest BCUT2D eigenvalue weighted by atomic mass is 32.2. The first-order chi connectivity index (χ1) is 10.2. The van der Waals surface area contributed by atoms with Gasteiger partial charge in [0.1, 0.15) is 0 Å². The molecule has 3 nitrogen and oxygen atoms in total. The monoisotopic (exact) mass is 306 g/mol. The fraction of sp³-hybridized carbons (Fsp3) is 0.588. The molecule has 21 heavy (non-hydrogen) atoms. The van der Waals surface area contributed by atoms with Gasteiger partial charge in [-0.05, 0) is 44.7 Å². The van der Waals surface area contributed by atoms with E-state index in [4.69, 9.17) is 9.47 Å². The molecule has 1 atom stereocenters. The number of Topliss-reactive ketones (excluding diaryl/α,β-unsaturated/α-hetero) is 1. The molecule has 0 aliphatic carbocycles. The molecule has 4 heteroatoms. The number of ether oxygens (including phenoxy) is 2. The van der Waals surface area contributed by atoms with Gasteiger partial charge in [0, 0.05) is 35.5 Å². The molecule has 1 aromatic rings. The molecule has 1 spiro atoms. The molecular weight excluding hydrogens is 284 g/mol. The zero-order valence-corrected chi connectivity index (χ0v) is 13.3. The third kappa shape index (κ3) is 3.68. The number of hydrogen-bond donors (Lipinski definition) is 0. The van der Waals surface area contributed by atoms with Crippen LogP contribution in [0, 0.1) is 0 Å². The van der Waals surface area contributed by atoms with Crippen LogP contribution in [0.3, 0.4) is 0 Å². The van der Waals surface area contributed by atoms with Crippen molar-refractivity contribution in [3.05, 3.63) is 29.8 Å². The van der Waals surface area contributed by atoms with E-state index in [9.17, 15) is 4.79 Å². The Morgan fingerprint density at radius 3 is 2.86 bits per heavy atom. The second-order valence-electron chi connectivity index (χ2n) is 5.96. The standard InChI is InChI=1S/C17H22O3S/c1-13(18)14-3-2-4-15(11-14)21-16-5-8-20-17(12-16)6-9-19-10-7-17/h2-4,11,16H,5-10,12H2,1H3. The summed E-state index contributed by atoms with van der Waals surface area (Å²) in [6, 6.07) is 7.97. The lowest BCUT2D eigenvalue weighted by Gasteiger charge is -2.43. The van der Waals surface area contributed by atoms with Crippen LogP contribution in [0.5, 0.6) is 0 Å². The van der Waals surface area contributed by atoms with Crippen molar-refractivity contribution in [2.24, 2.45) is 0 Å². The van der Waals surface area contributed by atoms with Crippen LogP contribution in [0.1, 0.15) is 43.0 Å². The Hall–Kier alpha value is -0.840. The lowest BCUT2D eigenvalue weighted by atomic mass is 9.86. The minimum absolute atomic E-state index is 0.0341. The van der Waals surface area contributed by atoms with Crippen LogP contribution < -0.4 is 0 Å². The summed E-state index contributed by atoms with van der Waals surface area (Å²) in [6.07, 6.45) is 4.19. The van der Waals surface area contributed by atoms with Crippen LogP contribution in [0.25, 0.3) is 0 Å². The van der Waals surface area contributed by atoms with E-state index in [1.807, 2.05) is 30.0 Å². The van der Waals surface area contributed by atoms with Crippen LogP contribution in [0.15, 0.2) is 29.2 Å². The molecule has 0 N–H and O–H groups in total. The van der Waals surface area contributed by atoms with E-state index in [2.05, 4.69) is 6.07 Å². The highest BCUT2D eigenvalue weighted by Gasteiger charge is 2.39. The van der Waals surface area contributed by atoms with Crippen LogP contribution in [-0.2, 0) is 9.47 Å². The normalized spacial score (nSPS) is 24.9. The highest BCUT2D eigenvalue weighted by molar-refractivity contribution is 8.00. The molecule has 0 aromatic heterocycles. The average Bonchev–Trinajstić information content (AvgIpc) is 2.48. The van der Waals surface area contributed by atoms with Crippen molar-refractivity contribution in [3.63, 3.8) is 0 Å². The van der Waals surface area contributed by atoms with Gasteiger partial charge in [0.2, 0.25) is 0 Å². The minimum atomic E-state index is 0.0341. The lowest BCUT2D eigenvalue weighted by Crippen LogP contribution is -2.45. The number of rotatable bonds is 3. The molecule has 114 valence electrons. The summed E-state index contributed by atoms with van der Waals surface area (Å²) < 4.78 is 11.6. The Bertz CT molecular complexity index is 503. The van der Waals surface area contributed by atoms with Crippen molar-refractivity contribution in [1.29, 1.82) is 0 Å². The van der Waals surface area contributed by atoms with Gasteiger partial charge in [0.25, 0.3) is 0 Å². The number of ketones is 1. The predicted octanol–water partition coefficient (Wildman–Crippen LogP) is 3.71. The van der Waals surface area contributed by atoms with Crippen LogP contribution in [0.2, 0.25) is 0 Å². The molecule has 0 bridgehead atoms. The molecule has 0 amide bonds. The maximum atomic E-state index is 11.5. The summed E-state index contributed by atoms with van der Waals surface area (Å²) in [5.41, 5.74) is 0.833. The van der Waals surface area contributed by atoms with E-state index in [0.29, 0.717) is 5.25 Å². The van der Waals surface area contributed by atoms with Crippen molar-refractivity contribution < 1.29 is 14.3 Å². The number of hydrogen-bond acceptors (Lipinski definition) is 4. The number of benzene rings is 1. The van der Waals surface area contributed by atoms with Gasteiger partial charge in [0.05, 0.1) is 5.60 Å². The van der Waals surface area contributed by atoms with Gasteiger partial charge < -0.3 is 9.47 Å². The number of carbonyl (C=O) groups excluding carboxylic acids is 1. The fourth-order valence-electron chi connectivity index (χ4n) is 3.16. The topological polar surface area (TPSA) is 35.5 Å². The molecule has 2 heterocycles. The van der Waals surface area contributed by atoms with E-state index < -0.39 is 0 Å². The number of thioether (sulfide) groups is 1. The largest absolute Gasteiger partial charge is 0.381 e. The van der Waals surface area contributed by atoms with Gasteiger partial charge in [-0.25, -0.2) is 0 Å². The third-order valence-electron chi connectivity index (χ3n) is 4.40. The fourth-order valence-corrected chi connectivity index (χ4v) is 4.49. The maximum Gasteiger partial charge on any atom is 0.159 e. The van der Waals surface area contributed by atoms with Gasteiger partial charge >= 0.3 is 0 Å². The van der Waals surface area contributed by atoms with Crippen molar-refractivity contribution in [1.82, 2.24) is 0 Å². The molecule has 2 aliphatic rings. The predicted molar refractivity (Wildman–Crippen MR) is 84.1 cm³/mol. The second-order valence-corrected chi connectivity index (χ2v) is 7.33. The average molecular weight is 306 g/mol. The molecular formula is C17H22O3S. The lowest BCUT2D eigenvalue weighted by molar-refractivity contribution is -0.131. The van der Waals surface area contributed by atoms with Gasteiger partial charge in [-0.15, -0.1) is 11.8 Å². The van der Waals surface area contributed by atoms with Crippen molar-refractivity contribution >= 4 is 17.5 Å². The van der Waals surface area contributed by atoms with Gasteiger partial charge in [0.15, 0.2) is 5.78 Å². The van der Waals surface area contributed by atoms with Crippen molar-refractivity contribution in [2.75, 3.05) is 19.8 Å². The summed E-state index contributed by atoms with van der Waals surface area (Å²) >= 11 is 1.89. The zero-order chi connectivity index (χ0) is 14.7. The molecule has 2 saturated heterocycles. The number of carbonyl (C=O) groups is 1. The third-order valence-corrected chi connectivity index (χ3v) is 5.66. The second kappa shape index (κ2) is 6.51. The first-order valence-electron chi connectivity index (χ1n) is 7.66. The summed E-state index contributed by atoms with van der Waals surface area (Å²) in [5.74, 6) is 0.130. The zero-order valence-electron chi connectivity index (χ0n) is 12.5. The van der Waals surface area contributed by atoms with Gasteiger partial charge in [-0.1, -0.05) is 12.1 Å². The van der Waals surface area contributed by atoms with Gasteiger partial charge in [-0.3, -0.25) is 4.79 Å². The Kier molecular flexibility index (Phi) is 4.67. The molecule has 1 aromatic carbocycles. The van der Waals surface area contributed by atoms with Crippen LogP contribution >= 0.6 is 11.8 Å². The molecule has 1 unspecified atom stereocenters. The summed E-state index contributed by atoms with van der Waals surface area (Å²) in [6.45, 7) is 4.09. The first kappa shape index (κ1) is 15.1. The highest BCUT2D eigenvalue weighted by Crippen LogP contribution is 2.40. The molecule has 2 aliphatic heterocycles. The van der Waals surface area contributed by atoms with E-state index in [0.717, 1.165) is 51.1 Å². The summed E-state index contributed by atoms with van der Waals surface area (Å²) in [7, 11) is 0. The quantitative estimate of drug-likeness (QED) is 0.798. The first-order valence-corrected chi connectivity index (χ1v) is 8.54. The SMILES string of the molecule is CC(=O)c1cccc(SC2CCOC3(CCOCC3)C2)c1. The molecule has 2 fully saturated rings. The van der Waals surface area contributed by atoms with E-state index in [1.165, 1.54) is 4.90 Å². The van der Waals surface area contributed by atoms with E-state index in [-0.39, 0.29) is 11.4 Å². The summed E-state index contributed by atoms with van der Waals surface area (Å²) in [4.78, 5) is 12.7.